The van der Waals surface area contributed by atoms with Crippen LogP contribution in [0.15, 0.2) is 30.9 Å². The summed E-state index contributed by atoms with van der Waals surface area (Å²) in [5.41, 5.74) is 0.280. The van der Waals surface area contributed by atoms with Crippen molar-refractivity contribution in [3.8, 4) is 0 Å². The lowest BCUT2D eigenvalue weighted by atomic mass is 9.78. The first-order valence-corrected chi connectivity index (χ1v) is 6.25. The summed E-state index contributed by atoms with van der Waals surface area (Å²) in [6, 6.07) is 8.70. The van der Waals surface area contributed by atoms with Gasteiger partial charge in [-0.2, -0.15) is 0 Å². The van der Waals surface area contributed by atoms with E-state index in [4.69, 9.17) is 9.47 Å². The highest BCUT2D eigenvalue weighted by atomic mass is 16.5. The molecule has 0 aliphatic carbocycles. The number of hydrogen-bond acceptors (Lipinski definition) is 4. The highest BCUT2D eigenvalue weighted by Gasteiger charge is 2.47. The minimum atomic E-state index is -1.41. The van der Waals surface area contributed by atoms with Crippen LogP contribution in [0.3, 0.4) is 0 Å². The number of esters is 2. The molecule has 1 aromatic carbocycles. The van der Waals surface area contributed by atoms with Crippen molar-refractivity contribution in [3.05, 3.63) is 48.0 Å². The van der Waals surface area contributed by atoms with Gasteiger partial charge >= 0.3 is 11.9 Å². The first-order valence-electron chi connectivity index (χ1n) is 6.25. The van der Waals surface area contributed by atoms with E-state index < -0.39 is 17.4 Å². The molecule has 0 spiro atoms. The van der Waals surface area contributed by atoms with E-state index in [1.165, 1.54) is 20.3 Å². The van der Waals surface area contributed by atoms with Crippen molar-refractivity contribution in [2.75, 3.05) is 14.2 Å². The number of carbonyl (C=O) groups excluding carboxylic acids is 2. The maximum Gasteiger partial charge on any atom is 0.323 e. The van der Waals surface area contributed by atoms with Crippen molar-refractivity contribution >= 4 is 11.9 Å². The van der Waals surface area contributed by atoms with Gasteiger partial charge in [0.25, 0.3) is 0 Å². The molecule has 0 heterocycles. The van der Waals surface area contributed by atoms with Crippen molar-refractivity contribution in [1.29, 1.82) is 0 Å². The number of methoxy groups -OCH3 is 2. The first-order chi connectivity index (χ1) is 9.50. The third-order valence-electron chi connectivity index (χ3n) is 3.14. The number of rotatable bonds is 6. The highest BCUT2D eigenvalue weighted by Crippen LogP contribution is 2.31. The zero-order chi connectivity index (χ0) is 15.2. The summed E-state index contributed by atoms with van der Waals surface area (Å²) < 4.78 is 9.58. The summed E-state index contributed by atoms with van der Waals surface area (Å²) in [5, 5.41) is 0. The Hall–Kier alpha value is -2.10. The van der Waals surface area contributed by atoms with Crippen molar-refractivity contribution in [2.45, 2.75) is 19.8 Å². The number of allylic oxidation sites excluding steroid dienone is 1. The van der Waals surface area contributed by atoms with Gasteiger partial charge in [0.2, 0.25) is 0 Å². The van der Waals surface area contributed by atoms with E-state index in [0.29, 0.717) is 0 Å². The number of benzene rings is 1. The topological polar surface area (TPSA) is 52.6 Å². The van der Waals surface area contributed by atoms with Crippen molar-refractivity contribution in [1.82, 2.24) is 0 Å². The van der Waals surface area contributed by atoms with E-state index in [-0.39, 0.29) is 12.8 Å². The maximum atomic E-state index is 12.1. The van der Waals surface area contributed by atoms with Crippen molar-refractivity contribution in [3.63, 3.8) is 0 Å². The molecule has 1 radical (unpaired) electrons. The van der Waals surface area contributed by atoms with Crippen LogP contribution in [0.4, 0.5) is 0 Å². The summed E-state index contributed by atoms with van der Waals surface area (Å²) >= 11 is 0. The van der Waals surface area contributed by atoms with Gasteiger partial charge < -0.3 is 9.47 Å². The van der Waals surface area contributed by atoms with Gasteiger partial charge in [0.05, 0.1) is 14.2 Å². The van der Waals surface area contributed by atoms with Crippen LogP contribution in [0.5, 0.6) is 0 Å². The summed E-state index contributed by atoms with van der Waals surface area (Å²) in [5.74, 6) is -1.25. The fourth-order valence-corrected chi connectivity index (χ4v) is 2.18. The second-order valence-electron chi connectivity index (χ2n) is 4.59. The van der Waals surface area contributed by atoms with Crippen LogP contribution in [0.1, 0.15) is 17.5 Å². The van der Waals surface area contributed by atoms with Gasteiger partial charge in [-0.05, 0) is 30.5 Å². The lowest BCUT2D eigenvalue weighted by Crippen LogP contribution is -2.42. The Balaban J connectivity index is 3.24. The van der Waals surface area contributed by atoms with Crippen LogP contribution in [-0.2, 0) is 25.5 Å². The lowest BCUT2D eigenvalue weighted by molar-refractivity contribution is -0.168. The van der Waals surface area contributed by atoms with E-state index in [1.54, 1.807) is 0 Å². The quantitative estimate of drug-likeness (QED) is 0.454. The number of ether oxygens (including phenoxy) is 2. The third-order valence-corrected chi connectivity index (χ3v) is 3.14. The van der Waals surface area contributed by atoms with Gasteiger partial charge in [-0.3, -0.25) is 9.59 Å². The van der Waals surface area contributed by atoms with Gasteiger partial charge in [0.15, 0.2) is 5.41 Å². The molecule has 0 amide bonds. The zero-order valence-electron chi connectivity index (χ0n) is 12.1. The number of hydrogen-bond donors (Lipinski definition) is 0. The molecule has 0 fully saturated rings. The number of aryl methyl sites for hydroxylation is 1. The minimum absolute atomic E-state index is 0.147. The highest BCUT2D eigenvalue weighted by molar-refractivity contribution is 6.00. The Bertz CT molecular complexity index is 489. The van der Waals surface area contributed by atoms with Crippen LogP contribution in [0.2, 0.25) is 0 Å². The fraction of sp³-hybridized carbons (Fsp3) is 0.375. The summed E-state index contributed by atoms with van der Waals surface area (Å²) in [4.78, 5) is 24.3. The minimum Gasteiger partial charge on any atom is -0.468 e. The maximum absolute atomic E-state index is 12.1. The predicted octanol–water partition coefficient (Wildman–Crippen LogP) is 2.25. The smallest absolute Gasteiger partial charge is 0.323 e. The van der Waals surface area contributed by atoms with E-state index in [9.17, 15) is 9.59 Å². The summed E-state index contributed by atoms with van der Waals surface area (Å²) in [6.45, 7) is 5.51. The predicted molar refractivity (Wildman–Crippen MR) is 75.0 cm³/mol. The average Bonchev–Trinajstić information content (AvgIpc) is 2.45. The van der Waals surface area contributed by atoms with E-state index in [0.717, 1.165) is 11.1 Å². The van der Waals surface area contributed by atoms with Gasteiger partial charge in [-0.25, -0.2) is 0 Å². The fourth-order valence-electron chi connectivity index (χ4n) is 2.18. The lowest BCUT2D eigenvalue weighted by Gasteiger charge is -2.27. The van der Waals surface area contributed by atoms with Crippen LogP contribution < -0.4 is 0 Å². The molecule has 1 aromatic rings. The largest absolute Gasteiger partial charge is 0.468 e. The second kappa shape index (κ2) is 6.89. The monoisotopic (exact) mass is 275 g/mol. The zero-order valence-corrected chi connectivity index (χ0v) is 12.1. The molecule has 4 heteroatoms. The molecule has 0 bridgehead atoms. The standard InChI is InChI=1S/C16H19O4/c1-5-9-16(14(17)19-3,15(18)20-4)11-13-8-6-7-12(2)10-13/h5-8H,1,9,11H2,2-4H3. The first kappa shape index (κ1) is 16.0. The van der Waals surface area contributed by atoms with Crippen molar-refractivity contribution < 1.29 is 19.1 Å². The SMILES string of the molecule is C=CCC(Cc1[c]c(C)ccc1)(C(=O)OC)C(=O)OC. The van der Waals surface area contributed by atoms with Crippen LogP contribution >= 0.6 is 0 Å². The van der Waals surface area contributed by atoms with Gasteiger partial charge in [0.1, 0.15) is 0 Å². The van der Waals surface area contributed by atoms with E-state index in [2.05, 4.69) is 12.6 Å². The Morgan fingerprint density at radius 3 is 2.35 bits per heavy atom. The van der Waals surface area contributed by atoms with Gasteiger partial charge in [-0.1, -0.05) is 24.3 Å². The van der Waals surface area contributed by atoms with Crippen LogP contribution in [0.25, 0.3) is 0 Å². The Labute approximate surface area is 119 Å². The molecule has 0 aromatic heterocycles. The summed E-state index contributed by atoms with van der Waals surface area (Å²) in [6.07, 6.45) is 1.83. The molecule has 0 unspecified atom stereocenters. The van der Waals surface area contributed by atoms with Gasteiger partial charge in [-0.15, -0.1) is 6.58 Å². The van der Waals surface area contributed by atoms with Crippen LogP contribution in [0, 0.1) is 18.4 Å². The Kier molecular flexibility index (Phi) is 5.50. The molecule has 4 nitrogen and oxygen atoms in total. The summed E-state index contributed by atoms with van der Waals surface area (Å²) in [7, 11) is 2.51. The molecule has 0 N–H and O–H groups in total. The van der Waals surface area contributed by atoms with Gasteiger partial charge in [0, 0.05) is 6.42 Å². The molecule has 1 rings (SSSR count). The van der Waals surface area contributed by atoms with E-state index in [1.807, 2.05) is 25.1 Å². The molecule has 0 aliphatic heterocycles. The Morgan fingerprint density at radius 1 is 1.30 bits per heavy atom. The number of carbonyl (C=O) groups is 2. The molecule has 20 heavy (non-hydrogen) atoms. The normalized spacial score (nSPS) is 10.8. The molecule has 0 aliphatic rings. The molecule has 0 saturated carbocycles. The molecule has 107 valence electrons. The average molecular weight is 275 g/mol. The van der Waals surface area contributed by atoms with Crippen LogP contribution in [-0.4, -0.2) is 26.2 Å². The second-order valence-corrected chi connectivity index (χ2v) is 4.59. The van der Waals surface area contributed by atoms with E-state index >= 15 is 0 Å². The van der Waals surface area contributed by atoms with Crippen molar-refractivity contribution in [2.24, 2.45) is 5.41 Å². The molecular formula is C16H19O4. The molecule has 0 atom stereocenters. The molecule has 0 saturated heterocycles. The Morgan fingerprint density at radius 2 is 1.90 bits per heavy atom. The third kappa shape index (κ3) is 3.26. The molecular weight excluding hydrogens is 256 g/mol.